The first kappa shape index (κ1) is 9.90. The molecule has 1 atom stereocenters. The summed E-state index contributed by atoms with van der Waals surface area (Å²) in [6.45, 7) is 0. The van der Waals surface area contributed by atoms with E-state index in [1.807, 2.05) is 0 Å². The summed E-state index contributed by atoms with van der Waals surface area (Å²) >= 11 is 0. The standard InChI is InChI=1S/C12H12O3/c13-8-9-1-4-11(5-2-9)15-12-6-3-10(14)7-12/h1-2,4-5,8,12H,3,6-7H2. The molecule has 0 N–H and O–H groups in total. The van der Waals surface area contributed by atoms with Crippen LogP contribution in [-0.4, -0.2) is 18.2 Å². The van der Waals surface area contributed by atoms with Gasteiger partial charge in [-0.25, -0.2) is 0 Å². The van der Waals surface area contributed by atoms with Gasteiger partial charge in [0.1, 0.15) is 23.9 Å². The molecule has 1 aliphatic rings. The van der Waals surface area contributed by atoms with Gasteiger partial charge in [0.05, 0.1) is 0 Å². The van der Waals surface area contributed by atoms with Crippen LogP contribution in [0.1, 0.15) is 29.6 Å². The Hall–Kier alpha value is -1.64. The van der Waals surface area contributed by atoms with Crippen molar-refractivity contribution < 1.29 is 14.3 Å². The third-order valence-electron chi connectivity index (χ3n) is 2.52. The number of rotatable bonds is 3. The molecular weight excluding hydrogens is 192 g/mol. The van der Waals surface area contributed by atoms with Crippen molar-refractivity contribution in [2.24, 2.45) is 0 Å². The van der Waals surface area contributed by atoms with Crippen molar-refractivity contribution in [3.05, 3.63) is 29.8 Å². The number of ether oxygens (including phenoxy) is 1. The van der Waals surface area contributed by atoms with Crippen molar-refractivity contribution >= 4 is 12.1 Å². The fraction of sp³-hybridized carbons (Fsp3) is 0.333. The second-order valence-corrected chi connectivity index (χ2v) is 3.71. The van der Waals surface area contributed by atoms with Crippen molar-refractivity contribution in [1.82, 2.24) is 0 Å². The third-order valence-corrected chi connectivity index (χ3v) is 2.52. The minimum Gasteiger partial charge on any atom is -0.490 e. The highest BCUT2D eigenvalue weighted by Crippen LogP contribution is 2.21. The smallest absolute Gasteiger partial charge is 0.150 e. The molecule has 0 radical (unpaired) electrons. The van der Waals surface area contributed by atoms with Gasteiger partial charge in [-0.2, -0.15) is 0 Å². The van der Waals surface area contributed by atoms with Crippen molar-refractivity contribution in [2.45, 2.75) is 25.4 Å². The molecule has 0 spiro atoms. The van der Waals surface area contributed by atoms with Gasteiger partial charge in [-0.15, -0.1) is 0 Å². The highest BCUT2D eigenvalue weighted by Gasteiger charge is 2.23. The maximum atomic E-state index is 11.0. The molecule has 1 aromatic carbocycles. The molecule has 0 aliphatic heterocycles. The minimum absolute atomic E-state index is 0.0135. The van der Waals surface area contributed by atoms with Crippen LogP contribution in [0.3, 0.4) is 0 Å². The molecule has 3 heteroatoms. The van der Waals surface area contributed by atoms with Crippen LogP contribution < -0.4 is 4.74 Å². The molecule has 1 aromatic rings. The van der Waals surface area contributed by atoms with Crippen molar-refractivity contribution in [3.63, 3.8) is 0 Å². The van der Waals surface area contributed by atoms with Gasteiger partial charge in [-0.05, 0) is 30.7 Å². The molecule has 0 aromatic heterocycles. The zero-order chi connectivity index (χ0) is 10.7. The number of carbonyl (C=O) groups excluding carboxylic acids is 2. The van der Waals surface area contributed by atoms with E-state index in [0.717, 1.165) is 18.5 Å². The summed E-state index contributed by atoms with van der Waals surface area (Å²) in [5.41, 5.74) is 0.629. The Morgan fingerprint density at radius 1 is 1.27 bits per heavy atom. The number of hydrogen-bond acceptors (Lipinski definition) is 3. The summed E-state index contributed by atoms with van der Waals surface area (Å²) in [5.74, 6) is 0.991. The van der Waals surface area contributed by atoms with E-state index in [0.29, 0.717) is 18.4 Å². The Bertz CT molecular complexity index is 367. The van der Waals surface area contributed by atoms with E-state index in [1.54, 1.807) is 24.3 Å². The molecule has 1 saturated carbocycles. The first-order chi connectivity index (χ1) is 7.28. The minimum atomic E-state index is 0.0135. The molecule has 1 fully saturated rings. The number of aldehydes is 1. The van der Waals surface area contributed by atoms with Gasteiger partial charge in [0.2, 0.25) is 0 Å². The van der Waals surface area contributed by atoms with E-state index in [9.17, 15) is 9.59 Å². The predicted molar refractivity (Wildman–Crippen MR) is 55.1 cm³/mol. The maximum Gasteiger partial charge on any atom is 0.150 e. The Kier molecular flexibility index (Phi) is 2.81. The Morgan fingerprint density at radius 3 is 2.53 bits per heavy atom. The topological polar surface area (TPSA) is 43.4 Å². The lowest BCUT2D eigenvalue weighted by molar-refractivity contribution is -0.117. The zero-order valence-corrected chi connectivity index (χ0v) is 8.31. The Balaban J connectivity index is 1.98. The number of Topliss-reactive ketones (excluding diaryl/α,β-unsaturated/α-hetero) is 1. The van der Waals surface area contributed by atoms with Crippen LogP contribution in [0, 0.1) is 0 Å². The third kappa shape index (κ3) is 2.43. The van der Waals surface area contributed by atoms with E-state index < -0.39 is 0 Å². The lowest BCUT2D eigenvalue weighted by atomic mass is 10.2. The predicted octanol–water partition coefficient (Wildman–Crippen LogP) is 2.00. The van der Waals surface area contributed by atoms with E-state index in [1.165, 1.54) is 0 Å². The Morgan fingerprint density at radius 2 is 2.00 bits per heavy atom. The number of carbonyl (C=O) groups is 2. The van der Waals surface area contributed by atoms with Gasteiger partial charge in [0.15, 0.2) is 0 Å². The summed E-state index contributed by atoms with van der Waals surface area (Å²) in [5, 5.41) is 0. The van der Waals surface area contributed by atoms with E-state index in [-0.39, 0.29) is 11.9 Å². The maximum absolute atomic E-state index is 11.0. The van der Waals surface area contributed by atoms with Gasteiger partial charge >= 0.3 is 0 Å². The lowest BCUT2D eigenvalue weighted by Crippen LogP contribution is -2.11. The molecule has 3 nitrogen and oxygen atoms in total. The molecule has 78 valence electrons. The van der Waals surface area contributed by atoms with Crippen LogP contribution in [-0.2, 0) is 4.79 Å². The van der Waals surface area contributed by atoms with Gasteiger partial charge in [-0.1, -0.05) is 0 Å². The van der Waals surface area contributed by atoms with Crippen LogP contribution >= 0.6 is 0 Å². The zero-order valence-electron chi connectivity index (χ0n) is 8.31. The average molecular weight is 204 g/mol. The van der Waals surface area contributed by atoms with Crippen molar-refractivity contribution in [3.8, 4) is 5.75 Å². The van der Waals surface area contributed by atoms with E-state index >= 15 is 0 Å². The lowest BCUT2D eigenvalue weighted by Gasteiger charge is -2.11. The monoisotopic (exact) mass is 204 g/mol. The normalized spacial score (nSPS) is 20.3. The fourth-order valence-corrected chi connectivity index (χ4v) is 1.70. The van der Waals surface area contributed by atoms with Crippen molar-refractivity contribution in [1.29, 1.82) is 0 Å². The van der Waals surface area contributed by atoms with Crippen LogP contribution in [0.4, 0.5) is 0 Å². The first-order valence-electron chi connectivity index (χ1n) is 5.01. The summed E-state index contributed by atoms with van der Waals surface area (Å²) in [7, 11) is 0. The molecule has 15 heavy (non-hydrogen) atoms. The largest absolute Gasteiger partial charge is 0.490 e. The highest BCUT2D eigenvalue weighted by atomic mass is 16.5. The molecule has 0 heterocycles. The van der Waals surface area contributed by atoms with Crippen LogP contribution in [0.2, 0.25) is 0 Å². The summed E-state index contributed by atoms with van der Waals surface area (Å²) in [6, 6.07) is 6.93. The second kappa shape index (κ2) is 4.26. The molecule has 1 aliphatic carbocycles. The van der Waals surface area contributed by atoms with Crippen LogP contribution in [0.25, 0.3) is 0 Å². The molecule has 0 saturated heterocycles. The van der Waals surface area contributed by atoms with Gasteiger partial charge < -0.3 is 4.74 Å². The average Bonchev–Trinajstić information content (AvgIpc) is 2.65. The molecular formula is C12H12O3. The number of benzene rings is 1. The molecule has 0 bridgehead atoms. The van der Waals surface area contributed by atoms with Gasteiger partial charge in [-0.3, -0.25) is 9.59 Å². The van der Waals surface area contributed by atoms with Crippen molar-refractivity contribution in [2.75, 3.05) is 0 Å². The van der Waals surface area contributed by atoms with Crippen LogP contribution in [0.5, 0.6) is 5.75 Å². The first-order valence-corrected chi connectivity index (χ1v) is 5.01. The SMILES string of the molecule is O=Cc1ccc(OC2CCC(=O)C2)cc1. The fourth-order valence-electron chi connectivity index (χ4n) is 1.70. The molecule has 2 rings (SSSR count). The number of hydrogen-bond donors (Lipinski definition) is 0. The van der Waals surface area contributed by atoms with Gasteiger partial charge in [0, 0.05) is 18.4 Å². The van der Waals surface area contributed by atoms with E-state index in [2.05, 4.69) is 0 Å². The summed E-state index contributed by atoms with van der Waals surface area (Å²) < 4.78 is 5.61. The second-order valence-electron chi connectivity index (χ2n) is 3.71. The van der Waals surface area contributed by atoms with Crippen LogP contribution in [0.15, 0.2) is 24.3 Å². The van der Waals surface area contributed by atoms with E-state index in [4.69, 9.17) is 4.74 Å². The summed E-state index contributed by atoms with van der Waals surface area (Å²) in [6.07, 6.45) is 2.74. The summed E-state index contributed by atoms with van der Waals surface area (Å²) in [4.78, 5) is 21.4. The van der Waals surface area contributed by atoms with Gasteiger partial charge in [0.25, 0.3) is 0 Å². The number of ketones is 1. The quantitative estimate of drug-likeness (QED) is 0.707. The molecule has 1 unspecified atom stereocenters. The highest BCUT2D eigenvalue weighted by molar-refractivity contribution is 5.81. The molecule has 0 amide bonds. The Labute approximate surface area is 88.1 Å².